The van der Waals surface area contributed by atoms with Gasteiger partial charge in [0.2, 0.25) is 0 Å². The van der Waals surface area contributed by atoms with Crippen LogP contribution in [0, 0.1) is 6.08 Å². The number of benzene rings is 3. The zero-order valence-electron chi connectivity index (χ0n) is 26.2. The van der Waals surface area contributed by atoms with E-state index < -0.39 is 0 Å². The normalized spacial score (nSPS) is 10.6. The van der Waals surface area contributed by atoms with Gasteiger partial charge < -0.3 is 30.0 Å². The smallest absolute Gasteiger partial charge is 0.854 e. The summed E-state index contributed by atoms with van der Waals surface area (Å²) in [5, 5.41) is 31.4. The summed E-state index contributed by atoms with van der Waals surface area (Å²) in [5.41, 5.74) is 6.85. The van der Waals surface area contributed by atoms with E-state index in [9.17, 15) is 15.3 Å². The molecule has 0 saturated carbocycles. The molecular formula is C35H47N3O3Ti. The fourth-order valence-electron chi connectivity index (χ4n) is 4.15. The van der Waals surface area contributed by atoms with Crippen LogP contribution in [0.1, 0.15) is 23.1 Å². The molecule has 3 aromatic carbocycles. The van der Waals surface area contributed by atoms with E-state index in [-0.39, 0.29) is 41.5 Å². The monoisotopic (exact) mass is 605 g/mol. The summed E-state index contributed by atoms with van der Waals surface area (Å²) in [6, 6.07) is 24.0. The fraction of sp³-hybridized carbons (Fsp3) is 0.371. The van der Waals surface area contributed by atoms with Gasteiger partial charge in [-0.3, -0.25) is 6.08 Å². The molecule has 0 heterocycles. The number of hydrogen-bond acceptors (Lipinski definition) is 6. The van der Waals surface area contributed by atoms with Crippen molar-refractivity contribution in [1.29, 1.82) is 0 Å². The van der Waals surface area contributed by atoms with E-state index in [1.165, 1.54) is 0 Å². The van der Waals surface area contributed by atoms with Gasteiger partial charge in [0.05, 0.1) is 0 Å². The van der Waals surface area contributed by atoms with Crippen LogP contribution in [0.15, 0.2) is 91.0 Å². The topological polar surface area (TPSA) is 78.9 Å². The van der Waals surface area contributed by atoms with Crippen LogP contribution in [0.3, 0.4) is 0 Å². The average molecular weight is 606 g/mol. The minimum absolute atomic E-state index is 0. The molecule has 0 N–H and O–H groups in total. The molecule has 224 valence electrons. The van der Waals surface area contributed by atoms with Gasteiger partial charge in [0.15, 0.2) is 0 Å². The molecule has 0 atom stereocenters. The third-order valence-electron chi connectivity index (χ3n) is 6.12. The Labute approximate surface area is 269 Å². The molecule has 0 fully saturated rings. The summed E-state index contributed by atoms with van der Waals surface area (Å²) in [5.74, 6) is 0. The van der Waals surface area contributed by atoms with Crippen LogP contribution in [0.25, 0.3) is 0 Å². The van der Waals surface area contributed by atoms with Crippen LogP contribution in [0.4, 0.5) is 17.1 Å². The van der Waals surface area contributed by atoms with Crippen LogP contribution < -0.4 is 30.0 Å². The van der Waals surface area contributed by atoms with Crippen LogP contribution >= 0.6 is 0 Å². The van der Waals surface area contributed by atoms with Gasteiger partial charge in [-0.05, 0) is 54.2 Å². The standard InChI is InChI=1S/3C10H14NO.C5H5.Ti/c3*1-11(2)10-6-4-3-5-9(10)7-8-12;1-2-4-5-3-1;/h3*3-6H,7-8H2,1-2H3;1-3H,4H2;/q4*-1;+4. The van der Waals surface area contributed by atoms with E-state index in [0.717, 1.165) is 40.2 Å². The van der Waals surface area contributed by atoms with Crippen molar-refractivity contribution in [1.82, 2.24) is 0 Å². The first-order valence-electron chi connectivity index (χ1n) is 14.0. The van der Waals surface area contributed by atoms with E-state index in [1.54, 1.807) is 0 Å². The van der Waals surface area contributed by atoms with Gasteiger partial charge >= 0.3 is 21.7 Å². The Hall–Kier alpha value is -2.87. The van der Waals surface area contributed by atoms with E-state index in [4.69, 9.17) is 0 Å². The first kappa shape index (κ1) is 39.1. The molecule has 7 heteroatoms. The molecule has 0 aliphatic heterocycles. The molecule has 42 heavy (non-hydrogen) atoms. The second-order valence-corrected chi connectivity index (χ2v) is 9.93. The summed E-state index contributed by atoms with van der Waals surface area (Å²) in [7, 11) is 11.9. The third kappa shape index (κ3) is 15.4. The van der Waals surface area contributed by atoms with E-state index in [0.29, 0.717) is 19.3 Å². The maximum absolute atomic E-state index is 10.5. The van der Waals surface area contributed by atoms with Crippen molar-refractivity contribution in [3.05, 3.63) is 114 Å². The van der Waals surface area contributed by atoms with E-state index in [1.807, 2.05) is 142 Å². The van der Waals surface area contributed by atoms with E-state index in [2.05, 4.69) is 12.2 Å². The molecule has 0 radical (unpaired) electrons. The second kappa shape index (κ2) is 23.7. The van der Waals surface area contributed by atoms with Gasteiger partial charge in [-0.2, -0.15) is 6.08 Å². The van der Waals surface area contributed by atoms with Crippen molar-refractivity contribution in [3.63, 3.8) is 0 Å². The molecule has 1 aliphatic rings. The summed E-state index contributed by atoms with van der Waals surface area (Å²) >= 11 is 0. The number of anilines is 3. The van der Waals surface area contributed by atoms with Crippen LogP contribution in [0.5, 0.6) is 0 Å². The molecule has 0 amide bonds. The Balaban J connectivity index is 0.000000547. The summed E-state index contributed by atoms with van der Waals surface area (Å²) < 4.78 is 0. The zero-order valence-corrected chi connectivity index (χ0v) is 27.7. The molecule has 0 aromatic heterocycles. The van der Waals surface area contributed by atoms with Gasteiger partial charge in [0.1, 0.15) is 0 Å². The van der Waals surface area contributed by atoms with Gasteiger partial charge in [0.25, 0.3) is 0 Å². The number of allylic oxidation sites excluding steroid dienone is 4. The van der Waals surface area contributed by atoms with Crippen molar-refractivity contribution < 1.29 is 37.0 Å². The second-order valence-electron chi connectivity index (χ2n) is 9.93. The number of nitrogens with zero attached hydrogens (tertiary/aromatic N) is 3. The Morgan fingerprint density at radius 2 is 0.857 bits per heavy atom. The molecule has 0 spiro atoms. The summed E-state index contributed by atoms with van der Waals surface area (Å²) in [6.45, 7) is -0.111. The van der Waals surface area contributed by atoms with Crippen molar-refractivity contribution in [2.45, 2.75) is 25.7 Å². The maximum atomic E-state index is 10.5. The van der Waals surface area contributed by atoms with Gasteiger partial charge in [-0.1, -0.05) is 54.6 Å². The zero-order chi connectivity index (χ0) is 30.5. The summed E-state index contributed by atoms with van der Waals surface area (Å²) in [6.07, 6.45) is 11.9. The van der Waals surface area contributed by atoms with Crippen LogP contribution in [-0.4, -0.2) is 62.1 Å². The van der Waals surface area contributed by atoms with Crippen molar-refractivity contribution in [2.75, 3.05) is 76.8 Å². The molecule has 4 rings (SSSR count). The van der Waals surface area contributed by atoms with Gasteiger partial charge in [-0.15, -0.1) is 26.2 Å². The molecule has 6 nitrogen and oxygen atoms in total. The maximum Gasteiger partial charge on any atom is 4.00 e. The Morgan fingerprint density at radius 3 is 1.05 bits per heavy atom. The molecule has 0 unspecified atom stereocenters. The molecule has 1 aliphatic carbocycles. The average Bonchev–Trinajstić information content (AvgIpc) is 3.56. The molecule has 0 bridgehead atoms. The predicted molar refractivity (Wildman–Crippen MR) is 170 cm³/mol. The first-order chi connectivity index (χ1) is 19.8. The quantitative estimate of drug-likeness (QED) is 0.275. The number of rotatable bonds is 9. The minimum Gasteiger partial charge on any atom is -0.854 e. The largest absolute Gasteiger partial charge is 4.00 e. The van der Waals surface area contributed by atoms with E-state index >= 15 is 0 Å². The van der Waals surface area contributed by atoms with Crippen LogP contribution in [-0.2, 0) is 41.0 Å². The van der Waals surface area contributed by atoms with Gasteiger partial charge in [0, 0.05) is 59.3 Å². The Morgan fingerprint density at radius 1 is 0.548 bits per heavy atom. The van der Waals surface area contributed by atoms with Crippen molar-refractivity contribution in [2.24, 2.45) is 0 Å². The molecule has 3 aromatic rings. The Bertz CT molecular complexity index is 1030. The summed E-state index contributed by atoms with van der Waals surface area (Å²) in [4.78, 5) is 6.10. The third-order valence-corrected chi connectivity index (χ3v) is 6.12. The van der Waals surface area contributed by atoms with Crippen LogP contribution in [0.2, 0.25) is 0 Å². The fourth-order valence-corrected chi connectivity index (χ4v) is 4.15. The van der Waals surface area contributed by atoms with Gasteiger partial charge in [-0.25, -0.2) is 12.2 Å². The minimum atomic E-state index is -0.0369. The molecule has 0 saturated heterocycles. The first-order valence-corrected chi connectivity index (χ1v) is 14.0. The molecular weight excluding hydrogens is 558 g/mol. The van der Waals surface area contributed by atoms with Crippen molar-refractivity contribution >= 4 is 17.1 Å². The number of hydrogen-bond donors (Lipinski definition) is 0. The Kier molecular flexibility index (Phi) is 22.1. The number of para-hydroxylation sites is 3. The SMILES string of the molecule is CN(C)c1ccccc1CC[O-].CN(C)c1ccccc1CC[O-].CN(C)c1ccccc1CC[O-].[C-]1=CC=CC1.[Ti+4]. The predicted octanol–water partition coefficient (Wildman–Crippen LogP) is 3.27. The van der Waals surface area contributed by atoms with Crippen molar-refractivity contribution in [3.8, 4) is 0 Å².